The summed E-state index contributed by atoms with van der Waals surface area (Å²) < 4.78 is 38.5. The highest BCUT2D eigenvalue weighted by molar-refractivity contribution is 7.91. The summed E-state index contributed by atoms with van der Waals surface area (Å²) in [6.07, 6.45) is 0. The van der Waals surface area contributed by atoms with Crippen LogP contribution in [0, 0.1) is 6.92 Å². The van der Waals surface area contributed by atoms with Gasteiger partial charge in [-0.3, -0.25) is 4.79 Å². The molecule has 2 aromatic carbocycles. The predicted octanol–water partition coefficient (Wildman–Crippen LogP) is 4.52. The van der Waals surface area contributed by atoms with E-state index in [4.69, 9.17) is 9.15 Å². The van der Waals surface area contributed by atoms with E-state index < -0.39 is 9.84 Å². The predicted molar refractivity (Wildman–Crippen MR) is 138 cm³/mol. The van der Waals surface area contributed by atoms with Gasteiger partial charge in [0.25, 0.3) is 5.91 Å². The van der Waals surface area contributed by atoms with E-state index in [1.54, 1.807) is 60.5 Å². The van der Waals surface area contributed by atoms with E-state index in [2.05, 4.69) is 4.98 Å². The molecule has 2 aromatic heterocycles. The second-order valence-corrected chi connectivity index (χ2v) is 11.2. The first-order chi connectivity index (χ1) is 17.4. The van der Waals surface area contributed by atoms with Crippen molar-refractivity contribution in [2.75, 3.05) is 38.2 Å². The van der Waals surface area contributed by atoms with Crippen LogP contribution in [0.3, 0.4) is 0 Å². The van der Waals surface area contributed by atoms with Gasteiger partial charge in [-0.25, -0.2) is 8.42 Å². The second-order valence-electron chi connectivity index (χ2n) is 8.43. The molecule has 0 unspecified atom stereocenters. The molecule has 1 amide bonds. The van der Waals surface area contributed by atoms with Crippen molar-refractivity contribution in [2.24, 2.45) is 0 Å². The lowest BCUT2D eigenvalue weighted by atomic mass is 10.1. The third-order valence-electron chi connectivity index (χ3n) is 6.07. The Labute approximate surface area is 213 Å². The standard InChI is InChI=1S/C26H25N3O5S2/c1-18-8-10-21(11-9-18)36(31,32)24-26(34-23(27-24)22-7-4-16-35-22)29-14-12-28(13-15-29)25(30)19-5-3-6-20(17-19)33-2/h3-11,16-17H,12-15H2,1-2H3. The quantitative estimate of drug-likeness (QED) is 0.367. The third kappa shape index (κ3) is 4.61. The molecular weight excluding hydrogens is 498 g/mol. The fraction of sp³-hybridized carbons (Fsp3) is 0.231. The zero-order chi connectivity index (χ0) is 25.3. The van der Waals surface area contributed by atoms with Gasteiger partial charge in [-0.05, 0) is 48.7 Å². The summed E-state index contributed by atoms with van der Waals surface area (Å²) in [5.74, 6) is 0.985. The molecule has 36 heavy (non-hydrogen) atoms. The van der Waals surface area contributed by atoms with Gasteiger partial charge in [-0.1, -0.05) is 29.8 Å². The zero-order valence-corrected chi connectivity index (χ0v) is 21.5. The minimum atomic E-state index is -3.92. The highest BCUT2D eigenvalue weighted by Gasteiger charge is 2.33. The van der Waals surface area contributed by atoms with Gasteiger partial charge in [-0.15, -0.1) is 11.3 Å². The van der Waals surface area contributed by atoms with Crippen LogP contribution >= 0.6 is 11.3 Å². The van der Waals surface area contributed by atoms with Crippen LogP contribution in [0.25, 0.3) is 10.8 Å². The van der Waals surface area contributed by atoms with Crippen LogP contribution < -0.4 is 9.64 Å². The molecule has 1 saturated heterocycles. The minimum absolute atomic E-state index is 0.0992. The summed E-state index contributed by atoms with van der Waals surface area (Å²) in [5, 5.41) is 1.78. The molecule has 5 rings (SSSR count). The number of anilines is 1. The molecule has 0 saturated carbocycles. The van der Waals surface area contributed by atoms with E-state index in [9.17, 15) is 13.2 Å². The molecule has 1 fully saturated rings. The number of hydrogen-bond acceptors (Lipinski definition) is 8. The normalized spacial score (nSPS) is 14.2. The summed E-state index contributed by atoms with van der Waals surface area (Å²) >= 11 is 1.43. The molecule has 0 aliphatic carbocycles. The van der Waals surface area contributed by atoms with Crippen molar-refractivity contribution in [1.29, 1.82) is 0 Å². The van der Waals surface area contributed by atoms with Gasteiger partial charge < -0.3 is 19.0 Å². The number of methoxy groups -OCH3 is 1. The fourth-order valence-corrected chi connectivity index (χ4v) is 6.03. The lowest BCUT2D eigenvalue weighted by Gasteiger charge is -2.34. The number of oxazole rings is 1. The highest BCUT2D eigenvalue weighted by atomic mass is 32.2. The summed E-state index contributed by atoms with van der Waals surface area (Å²) in [6, 6.07) is 17.4. The third-order valence-corrected chi connectivity index (χ3v) is 8.59. The number of piperazine rings is 1. The molecule has 0 spiro atoms. The van der Waals surface area contributed by atoms with Crippen LogP contribution in [-0.4, -0.2) is 57.5 Å². The first-order valence-corrected chi connectivity index (χ1v) is 13.8. The number of thiophene rings is 1. The number of nitrogens with zero attached hydrogens (tertiary/aromatic N) is 3. The maximum absolute atomic E-state index is 13.6. The van der Waals surface area contributed by atoms with Crippen molar-refractivity contribution in [2.45, 2.75) is 16.8 Å². The van der Waals surface area contributed by atoms with Crippen molar-refractivity contribution in [1.82, 2.24) is 9.88 Å². The number of carbonyl (C=O) groups is 1. The number of aryl methyl sites for hydroxylation is 1. The van der Waals surface area contributed by atoms with Crippen molar-refractivity contribution >= 4 is 33.0 Å². The Morgan fingerprint density at radius 1 is 1.03 bits per heavy atom. The minimum Gasteiger partial charge on any atom is -0.497 e. The Balaban J connectivity index is 1.43. The molecule has 0 radical (unpaired) electrons. The van der Waals surface area contributed by atoms with Gasteiger partial charge in [0.15, 0.2) is 0 Å². The van der Waals surface area contributed by atoms with Gasteiger partial charge in [0.2, 0.25) is 26.6 Å². The van der Waals surface area contributed by atoms with Gasteiger partial charge in [0.05, 0.1) is 16.9 Å². The number of hydrogen-bond donors (Lipinski definition) is 0. The number of aromatic nitrogens is 1. The van der Waals surface area contributed by atoms with Crippen LogP contribution in [0.5, 0.6) is 5.75 Å². The molecule has 3 heterocycles. The Hall–Kier alpha value is -3.63. The van der Waals surface area contributed by atoms with E-state index in [-0.39, 0.29) is 27.6 Å². The monoisotopic (exact) mass is 523 g/mol. The Kier molecular flexibility index (Phi) is 6.55. The average Bonchev–Trinajstić information content (AvgIpc) is 3.59. The first kappa shape index (κ1) is 24.1. The number of sulfone groups is 1. The smallest absolute Gasteiger partial charge is 0.254 e. The number of ether oxygens (including phenoxy) is 1. The number of amides is 1. The molecule has 10 heteroatoms. The van der Waals surface area contributed by atoms with E-state index in [0.717, 1.165) is 10.4 Å². The van der Waals surface area contributed by atoms with Crippen LogP contribution in [-0.2, 0) is 9.84 Å². The van der Waals surface area contributed by atoms with E-state index >= 15 is 0 Å². The van der Waals surface area contributed by atoms with Crippen molar-refractivity contribution in [3.05, 3.63) is 77.2 Å². The molecule has 0 N–H and O–H groups in total. The Morgan fingerprint density at radius 2 is 1.78 bits per heavy atom. The van der Waals surface area contributed by atoms with Crippen LogP contribution in [0.4, 0.5) is 5.88 Å². The SMILES string of the molecule is COc1cccc(C(=O)N2CCN(c3oc(-c4cccs4)nc3S(=O)(=O)c3ccc(C)cc3)CC2)c1. The highest BCUT2D eigenvalue weighted by Crippen LogP contribution is 2.36. The molecular formula is C26H25N3O5S2. The molecule has 186 valence electrons. The maximum Gasteiger partial charge on any atom is 0.254 e. The Bertz CT molecular complexity index is 1470. The van der Waals surface area contributed by atoms with Gasteiger partial charge in [0.1, 0.15) is 5.75 Å². The fourth-order valence-electron chi connectivity index (χ4n) is 4.06. The summed E-state index contributed by atoms with van der Waals surface area (Å²) in [7, 11) is -2.36. The van der Waals surface area contributed by atoms with Crippen molar-refractivity contribution in [3.8, 4) is 16.5 Å². The van der Waals surface area contributed by atoms with Crippen LogP contribution in [0.2, 0.25) is 0 Å². The van der Waals surface area contributed by atoms with E-state index in [1.165, 1.54) is 11.3 Å². The molecule has 1 aliphatic heterocycles. The Morgan fingerprint density at radius 3 is 2.44 bits per heavy atom. The molecule has 0 bridgehead atoms. The van der Waals surface area contributed by atoms with Gasteiger partial charge >= 0.3 is 0 Å². The number of carbonyl (C=O) groups excluding carboxylic acids is 1. The van der Waals surface area contributed by atoms with Crippen molar-refractivity contribution in [3.63, 3.8) is 0 Å². The van der Waals surface area contributed by atoms with Gasteiger partial charge in [-0.2, -0.15) is 4.98 Å². The van der Waals surface area contributed by atoms with Crippen LogP contribution in [0.15, 0.2) is 80.4 Å². The average molecular weight is 524 g/mol. The largest absolute Gasteiger partial charge is 0.497 e. The molecule has 0 atom stereocenters. The summed E-state index contributed by atoms with van der Waals surface area (Å²) in [6.45, 7) is 3.54. The zero-order valence-electron chi connectivity index (χ0n) is 19.9. The maximum atomic E-state index is 13.6. The van der Waals surface area contributed by atoms with Crippen LogP contribution in [0.1, 0.15) is 15.9 Å². The second kappa shape index (κ2) is 9.79. The first-order valence-electron chi connectivity index (χ1n) is 11.4. The number of rotatable bonds is 6. The molecule has 1 aliphatic rings. The number of benzene rings is 2. The summed E-state index contributed by atoms with van der Waals surface area (Å²) in [4.78, 5) is 22.0. The topological polar surface area (TPSA) is 92.9 Å². The van der Waals surface area contributed by atoms with Crippen molar-refractivity contribution < 1.29 is 22.4 Å². The lowest BCUT2D eigenvalue weighted by molar-refractivity contribution is 0.0744. The van der Waals surface area contributed by atoms with Gasteiger partial charge in [0, 0.05) is 31.7 Å². The molecule has 8 nitrogen and oxygen atoms in total. The summed E-state index contributed by atoms with van der Waals surface area (Å²) in [5.41, 5.74) is 1.51. The van der Waals surface area contributed by atoms with E-state index in [1.807, 2.05) is 29.3 Å². The molecule has 4 aromatic rings. The van der Waals surface area contributed by atoms with E-state index in [0.29, 0.717) is 37.5 Å². The lowest BCUT2D eigenvalue weighted by Crippen LogP contribution is -2.49.